The summed E-state index contributed by atoms with van der Waals surface area (Å²) in [5.41, 5.74) is 5.53. The van der Waals surface area contributed by atoms with E-state index in [1.54, 1.807) is 0 Å². The highest BCUT2D eigenvalue weighted by molar-refractivity contribution is 9.10. The fourth-order valence-corrected chi connectivity index (χ4v) is 5.17. The minimum Gasteiger partial charge on any atom is -0.448 e. The van der Waals surface area contributed by atoms with Gasteiger partial charge in [0.1, 0.15) is 5.76 Å². The van der Waals surface area contributed by atoms with Gasteiger partial charge in [-0.25, -0.2) is 0 Å². The lowest BCUT2D eigenvalue weighted by molar-refractivity contribution is 0.558. The molecule has 0 aliphatic rings. The Hall–Kier alpha value is -3.62. The second-order valence-corrected chi connectivity index (χ2v) is 8.60. The van der Waals surface area contributed by atoms with Crippen molar-refractivity contribution in [2.24, 2.45) is 0 Å². The molecule has 152 valence electrons. The van der Waals surface area contributed by atoms with Crippen LogP contribution in [0, 0.1) is 0 Å². The van der Waals surface area contributed by atoms with Crippen molar-refractivity contribution in [3.05, 3.63) is 120 Å². The first-order valence-electron chi connectivity index (χ1n) is 10.7. The Labute approximate surface area is 195 Å². The predicted molar refractivity (Wildman–Crippen MR) is 138 cm³/mol. The van der Waals surface area contributed by atoms with Crippen molar-refractivity contribution in [1.29, 1.82) is 0 Å². The van der Waals surface area contributed by atoms with Gasteiger partial charge in [0.2, 0.25) is 0 Å². The lowest BCUT2D eigenvalue weighted by atomic mass is 9.91. The number of hydrogen-bond acceptors (Lipinski definition) is 1. The molecule has 6 aromatic rings. The summed E-state index contributed by atoms with van der Waals surface area (Å²) < 4.78 is 7.26. The van der Waals surface area contributed by atoms with Gasteiger partial charge in [-0.1, -0.05) is 109 Å². The Morgan fingerprint density at radius 3 is 1.72 bits per heavy atom. The third kappa shape index (κ3) is 3.07. The van der Waals surface area contributed by atoms with Gasteiger partial charge >= 0.3 is 0 Å². The average molecular weight is 475 g/mol. The highest BCUT2D eigenvalue weighted by Crippen LogP contribution is 2.48. The number of halogens is 1. The Morgan fingerprint density at radius 2 is 1.03 bits per heavy atom. The van der Waals surface area contributed by atoms with Crippen LogP contribution in [0.2, 0.25) is 0 Å². The van der Waals surface area contributed by atoms with Gasteiger partial charge in [-0.05, 0) is 54.7 Å². The van der Waals surface area contributed by atoms with E-state index in [-0.39, 0.29) is 0 Å². The summed E-state index contributed by atoms with van der Waals surface area (Å²) in [6.45, 7) is 0. The molecule has 0 bridgehead atoms. The Balaban J connectivity index is 1.75. The molecule has 2 heteroatoms. The molecule has 5 aromatic carbocycles. The van der Waals surface area contributed by atoms with E-state index in [1.165, 1.54) is 21.5 Å². The summed E-state index contributed by atoms with van der Waals surface area (Å²) >= 11 is 3.75. The molecule has 0 atom stereocenters. The molecule has 0 aliphatic heterocycles. The van der Waals surface area contributed by atoms with Crippen LogP contribution < -0.4 is 0 Å². The summed E-state index contributed by atoms with van der Waals surface area (Å²) in [5.74, 6) is 0.879. The highest BCUT2D eigenvalue weighted by Gasteiger charge is 2.24. The Morgan fingerprint density at radius 1 is 0.500 bits per heavy atom. The van der Waals surface area contributed by atoms with E-state index < -0.39 is 0 Å². The van der Waals surface area contributed by atoms with Crippen molar-refractivity contribution >= 4 is 37.5 Å². The third-order valence-corrected chi connectivity index (χ3v) is 6.56. The van der Waals surface area contributed by atoms with E-state index in [0.717, 1.165) is 38.2 Å². The van der Waals surface area contributed by atoms with Crippen LogP contribution in [0.25, 0.3) is 55.1 Å². The molecule has 1 heterocycles. The second-order valence-electron chi connectivity index (χ2n) is 7.88. The van der Waals surface area contributed by atoms with Crippen molar-refractivity contribution in [2.45, 2.75) is 0 Å². The molecule has 0 amide bonds. The lowest BCUT2D eigenvalue weighted by Crippen LogP contribution is -1.87. The van der Waals surface area contributed by atoms with Gasteiger partial charge in [0.25, 0.3) is 0 Å². The smallest absolute Gasteiger partial charge is 0.178 e. The maximum atomic E-state index is 6.51. The number of benzene rings is 5. The molecule has 0 N–H and O–H groups in total. The Bertz CT molecular complexity index is 1560. The molecule has 0 saturated carbocycles. The Kier molecular flexibility index (Phi) is 4.66. The zero-order valence-electron chi connectivity index (χ0n) is 17.3. The van der Waals surface area contributed by atoms with E-state index in [4.69, 9.17) is 4.42 Å². The van der Waals surface area contributed by atoms with Crippen LogP contribution in [0.4, 0.5) is 0 Å². The predicted octanol–water partition coefficient (Wildman–Crippen LogP) is 9.35. The van der Waals surface area contributed by atoms with Crippen LogP contribution in [0.3, 0.4) is 0 Å². The summed E-state index contributed by atoms with van der Waals surface area (Å²) in [6.07, 6.45) is 0. The molecule has 1 aromatic heterocycles. The molecule has 0 aliphatic carbocycles. The number of fused-ring (bicyclic) bond motifs is 3. The lowest BCUT2D eigenvalue weighted by Gasteiger charge is -2.12. The first-order valence-corrected chi connectivity index (χ1v) is 11.4. The molecule has 0 unspecified atom stereocenters. The van der Waals surface area contributed by atoms with E-state index in [1.807, 2.05) is 12.1 Å². The first kappa shape index (κ1) is 19.1. The van der Waals surface area contributed by atoms with Gasteiger partial charge in [0.05, 0.1) is 0 Å². The van der Waals surface area contributed by atoms with Crippen LogP contribution in [0.15, 0.2) is 124 Å². The summed E-state index contributed by atoms with van der Waals surface area (Å²) in [7, 11) is 0. The quantitative estimate of drug-likeness (QED) is 0.233. The van der Waals surface area contributed by atoms with Crippen molar-refractivity contribution < 1.29 is 4.42 Å². The third-order valence-electron chi connectivity index (χ3n) is 6.00. The fourth-order valence-electron chi connectivity index (χ4n) is 4.58. The van der Waals surface area contributed by atoms with Crippen molar-refractivity contribution in [1.82, 2.24) is 0 Å². The maximum Gasteiger partial charge on any atom is 0.178 e. The topological polar surface area (TPSA) is 13.1 Å². The van der Waals surface area contributed by atoms with Crippen LogP contribution >= 0.6 is 15.9 Å². The van der Waals surface area contributed by atoms with Gasteiger partial charge in [0, 0.05) is 16.7 Å². The molecule has 0 spiro atoms. The van der Waals surface area contributed by atoms with Crippen molar-refractivity contribution in [2.75, 3.05) is 0 Å². The van der Waals surface area contributed by atoms with E-state index in [2.05, 4.69) is 119 Å². The normalized spacial score (nSPS) is 11.3. The van der Waals surface area contributed by atoms with Gasteiger partial charge < -0.3 is 4.42 Å². The molecule has 32 heavy (non-hydrogen) atoms. The van der Waals surface area contributed by atoms with Crippen LogP contribution in [-0.2, 0) is 0 Å². The van der Waals surface area contributed by atoms with Gasteiger partial charge in [-0.15, -0.1) is 0 Å². The van der Waals surface area contributed by atoms with E-state index in [0.29, 0.717) is 0 Å². The van der Waals surface area contributed by atoms with Crippen molar-refractivity contribution in [3.63, 3.8) is 0 Å². The van der Waals surface area contributed by atoms with Gasteiger partial charge in [-0.2, -0.15) is 0 Å². The minimum atomic E-state index is 0.745. The first-order chi connectivity index (χ1) is 15.8. The summed E-state index contributed by atoms with van der Waals surface area (Å²) in [4.78, 5) is 0. The standard InChI is InChI=1S/C30H19BrO/c31-30-28(21-13-5-2-6-14-21)27(20-11-3-1-4-12-20)29(32-30)26-19-22-15-7-8-16-23(22)24-17-9-10-18-25(24)26/h1-19H. The molecular weight excluding hydrogens is 456 g/mol. The molecule has 0 saturated heterocycles. The molecule has 0 radical (unpaired) electrons. The molecule has 1 nitrogen and oxygen atoms in total. The van der Waals surface area contributed by atoms with Crippen LogP contribution in [0.1, 0.15) is 0 Å². The summed E-state index contributed by atoms with van der Waals surface area (Å²) in [6, 6.07) is 40.3. The second kappa shape index (κ2) is 7.81. The number of furan rings is 1. The van der Waals surface area contributed by atoms with Crippen LogP contribution in [0.5, 0.6) is 0 Å². The summed E-state index contributed by atoms with van der Waals surface area (Å²) in [5, 5.41) is 4.87. The molecular formula is C30H19BrO. The number of hydrogen-bond donors (Lipinski definition) is 0. The van der Waals surface area contributed by atoms with E-state index in [9.17, 15) is 0 Å². The zero-order valence-corrected chi connectivity index (χ0v) is 18.8. The van der Waals surface area contributed by atoms with Crippen molar-refractivity contribution in [3.8, 4) is 33.6 Å². The SMILES string of the molecule is Brc1oc(-c2cc3ccccc3c3ccccc23)c(-c2ccccc2)c1-c1ccccc1. The van der Waals surface area contributed by atoms with Gasteiger partial charge in [0.15, 0.2) is 4.67 Å². The van der Waals surface area contributed by atoms with E-state index >= 15 is 0 Å². The monoisotopic (exact) mass is 474 g/mol. The maximum absolute atomic E-state index is 6.51. The minimum absolute atomic E-state index is 0.745. The van der Waals surface area contributed by atoms with Gasteiger partial charge in [-0.3, -0.25) is 0 Å². The molecule has 0 fully saturated rings. The van der Waals surface area contributed by atoms with Crippen LogP contribution in [-0.4, -0.2) is 0 Å². The average Bonchev–Trinajstić information content (AvgIpc) is 3.21. The largest absolute Gasteiger partial charge is 0.448 e. The number of rotatable bonds is 3. The molecule has 6 rings (SSSR count). The fraction of sp³-hybridized carbons (Fsp3) is 0. The zero-order chi connectivity index (χ0) is 21.5. The highest BCUT2D eigenvalue weighted by atomic mass is 79.9.